The highest BCUT2D eigenvalue weighted by Gasteiger charge is 2.40. The van der Waals surface area contributed by atoms with Gasteiger partial charge in [-0.2, -0.15) is 13.2 Å². The third kappa shape index (κ3) is 6.30. The Balaban J connectivity index is 1.61. The average molecular weight is 512 g/mol. The van der Waals surface area contributed by atoms with Crippen LogP contribution in [0.15, 0.2) is 82.0 Å². The molecule has 0 unspecified atom stereocenters. The van der Waals surface area contributed by atoms with Crippen LogP contribution in [0.25, 0.3) is 22.1 Å². The fourth-order valence-electron chi connectivity index (χ4n) is 3.50. The summed E-state index contributed by atoms with van der Waals surface area (Å²) in [6.45, 7) is 1.75. The Bertz CT molecular complexity index is 1430. The highest BCUT2D eigenvalue weighted by atomic mass is 19.4. The van der Waals surface area contributed by atoms with Crippen molar-refractivity contribution in [3.8, 4) is 28.4 Å². The summed E-state index contributed by atoms with van der Waals surface area (Å²) in [6, 6.07) is 19.4. The monoisotopic (exact) mass is 512 g/mol. The van der Waals surface area contributed by atoms with E-state index in [1.54, 1.807) is 12.1 Å². The maximum atomic E-state index is 13.8. The number of ether oxygens (including phenoxy) is 3. The van der Waals surface area contributed by atoms with E-state index in [-0.39, 0.29) is 29.1 Å². The average Bonchev–Trinajstić information content (AvgIpc) is 2.89. The predicted molar refractivity (Wildman–Crippen MR) is 131 cm³/mol. The van der Waals surface area contributed by atoms with Crippen molar-refractivity contribution in [3.05, 3.63) is 88.8 Å². The lowest BCUT2D eigenvalue weighted by Gasteiger charge is -2.14. The molecule has 0 fully saturated rings. The molecule has 6 nitrogen and oxygen atoms in total. The molecule has 0 aliphatic rings. The first-order valence-corrected chi connectivity index (χ1v) is 11.6. The van der Waals surface area contributed by atoms with Crippen LogP contribution in [-0.4, -0.2) is 19.2 Å². The standard InChI is InChI=1S/C28H23F3O6/c1-2-3-15-34-24(32)17-35-21-13-14-22-23(16-21)37-27(28(29,30)31)26(25(22)33)36-20-11-9-19(10-12-20)18-7-5-4-6-8-18/h4-14,16H,2-3,15,17H2,1H3. The second-order valence-electron chi connectivity index (χ2n) is 8.10. The van der Waals surface area contributed by atoms with Gasteiger partial charge in [0, 0.05) is 6.07 Å². The molecular formula is C28H23F3O6. The number of alkyl halides is 3. The minimum atomic E-state index is -5.01. The molecular weight excluding hydrogens is 489 g/mol. The number of halogens is 3. The molecule has 1 heterocycles. The number of hydrogen-bond donors (Lipinski definition) is 0. The second kappa shape index (κ2) is 11.2. The molecule has 1 aromatic heterocycles. The minimum Gasteiger partial charge on any atom is -0.482 e. The van der Waals surface area contributed by atoms with Gasteiger partial charge in [-0.05, 0) is 41.8 Å². The zero-order chi connectivity index (χ0) is 26.4. The van der Waals surface area contributed by atoms with Gasteiger partial charge in [0.1, 0.15) is 17.1 Å². The first kappa shape index (κ1) is 25.8. The maximum absolute atomic E-state index is 13.8. The molecule has 0 saturated heterocycles. The largest absolute Gasteiger partial charge is 0.482 e. The summed E-state index contributed by atoms with van der Waals surface area (Å²) in [5, 5.41) is -0.137. The van der Waals surface area contributed by atoms with Crippen molar-refractivity contribution in [2.75, 3.05) is 13.2 Å². The Morgan fingerprint density at radius 2 is 1.59 bits per heavy atom. The molecule has 37 heavy (non-hydrogen) atoms. The van der Waals surface area contributed by atoms with Crippen LogP contribution in [0.1, 0.15) is 25.5 Å². The molecule has 9 heteroatoms. The highest BCUT2D eigenvalue weighted by Crippen LogP contribution is 2.39. The van der Waals surface area contributed by atoms with Crippen LogP contribution >= 0.6 is 0 Å². The van der Waals surface area contributed by atoms with E-state index >= 15 is 0 Å². The third-order valence-electron chi connectivity index (χ3n) is 5.38. The highest BCUT2D eigenvalue weighted by molar-refractivity contribution is 5.80. The van der Waals surface area contributed by atoms with Gasteiger partial charge in [0.2, 0.25) is 11.2 Å². The van der Waals surface area contributed by atoms with Crippen molar-refractivity contribution >= 4 is 16.9 Å². The lowest BCUT2D eigenvalue weighted by atomic mass is 10.1. The molecule has 0 N–H and O–H groups in total. The SMILES string of the molecule is CCCCOC(=O)COc1ccc2c(=O)c(Oc3ccc(-c4ccccc4)cc3)c(C(F)(F)F)oc2c1. The minimum absolute atomic E-state index is 0.0402. The van der Waals surface area contributed by atoms with Crippen molar-refractivity contribution in [1.29, 1.82) is 0 Å². The zero-order valence-corrected chi connectivity index (χ0v) is 19.8. The number of carbonyl (C=O) groups is 1. The predicted octanol–water partition coefficient (Wildman–Crippen LogP) is 6.99. The van der Waals surface area contributed by atoms with Crippen molar-refractivity contribution in [3.63, 3.8) is 0 Å². The number of carbonyl (C=O) groups excluding carboxylic acids is 1. The molecule has 0 atom stereocenters. The van der Waals surface area contributed by atoms with Gasteiger partial charge in [0.25, 0.3) is 5.76 Å². The molecule has 192 valence electrons. The van der Waals surface area contributed by atoms with Crippen LogP contribution in [-0.2, 0) is 15.7 Å². The molecule has 4 rings (SSSR count). The smallest absolute Gasteiger partial charge is 0.453 e. The Labute approximate surface area is 210 Å². The molecule has 0 aliphatic carbocycles. The van der Waals surface area contributed by atoms with E-state index in [9.17, 15) is 22.8 Å². The Morgan fingerprint density at radius 3 is 2.27 bits per heavy atom. The van der Waals surface area contributed by atoms with Crippen molar-refractivity contribution in [2.24, 2.45) is 0 Å². The van der Waals surface area contributed by atoms with E-state index in [0.717, 1.165) is 23.6 Å². The summed E-state index contributed by atoms with van der Waals surface area (Å²) in [6.07, 6.45) is -3.45. The van der Waals surface area contributed by atoms with E-state index in [4.69, 9.17) is 18.6 Å². The van der Waals surface area contributed by atoms with Gasteiger partial charge < -0.3 is 18.6 Å². The van der Waals surface area contributed by atoms with Gasteiger partial charge in [-0.15, -0.1) is 0 Å². The Morgan fingerprint density at radius 1 is 0.919 bits per heavy atom. The Kier molecular flexibility index (Phi) is 7.81. The Hall–Kier alpha value is -4.27. The van der Waals surface area contributed by atoms with Gasteiger partial charge in [0.15, 0.2) is 6.61 Å². The van der Waals surface area contributed by atoms with Crippen molar-refractivity contribution in [2.45, 2.75) is 25.9 Å². The van der Waals surface area contributed by atoms with Crippen molar-refractivity contribution < 1.29 is 36.6 Å². The number of esters is 1. The first-order chi connectivity index (χ1) is 17.8. The first-order valence-electron chi connectivity index (χ1n) is 11.6. The van der Waals surface area contributed by atoms with E-state index in [1.165, 1.54) is 24.3 Å². The van der Waals surface area contributed by atoms with Gasteiger partial charge in [0.05, 0.1) is 12.0 Å². The topological polar surface area (TPSA) is 75.0 Å². The van der Waals surface area contributed by atoms with Crippen LogP contribution in [0, 0.1) is 0 Å². The number of unbranched alkanes of at least 4 members (excludes halogenated alkanes) is 1. The van der Waals surface area contributed by atoms with Crippen LogP contribution in [0.5, 0.6) is 17.2 Å². The number of hydrogen-bond acceptors (Lipinski definition) is 6. The molecule has 3 aromatic carbocycles. The summed E-state index contributed by atoms with van der Waals surface area (Å²) in [5.74, 6) is -3.08. The summed E-state index contributed by atoms with van der Waals surface area (Å²) >= 11 is 0. The lowest BCUT2D eigenvalue weighted by molar-refractivity contribution is -0.154. The number of rotatable bonds is 9. The molecule has 0 bridgehead atoms. The van der Waals surface area contributed by atoms with E-state index in [1.807, 2.05) is 37.3 Å². The number of fused-ring (bicyclic) bond motifs is 1. The molecule has 0 radical (unpaired) electrons. The molecule has 0 amide bonds. The van der Waals surface area contributed by atoms with Crippen LogP contribution in [0.3, 0.4) is 0 Å². The molecule has 0 aliphatic heterocycles. The molecule has 4 aromatic rings. The van der Waals surface area contributed by atoms with E-state index < -0.39 is 35.7 Å². The van der Waals surface area contributed by atoms with E-state index in [2.05, 4.69) is 0 Å². The lowest BCUT2D eigenvalue weighted by Crippen LogP contribution is -2.16. The fourth-order valence-corrected chi connectivity index (χ4v) is 3.50. The van der Waals surface area contributed by atoms with Gasteiger partial charge >= 0.3 is 12.1 Å². The van der Waals surface area contributed by atoms with E-state index in [0.29, 0.717) is 6.42 Å². The summed E-state index contributed by atoms with van der Waals surface area (Å²) < 4.78 is 62.3. The van der Waals surface area contributed by atoms with Crippen LogP contribution < -0.4 is 14.9 Å². The third-order valence-corrected chi connectivity index (χ3v) is 5.38. The van der Waals surface area contributed by atoms with Crippen molar-refractivity contribution in [1.82, 2.24) is 0 Å². The summed E-state index contributed by atoms with van der Waals surface area (Å²) in [5.41, 5.74) is 0.394. The second-order valence-corrected chi connectivity index (χ2v) is 8.10. The van der Waals surface area contributed by atoms with Crippen LogP contribution in [0.4, 0.5) is 13.2 Å². The zero-order valence-electron chi connectivity index (χ0n) is 19.8. The van der Waals surface area contributed by atoms with Crippen LogP contribution in [0.2, 0.25) is 0 Å². The summed E-state index contributed by atoms with van der Waals surface area (Å²) in [7, 11) is 0. The van der Waals surface area contributed by atoms with Gasteiger partial charge in [-0.25, -0.2) is 4.79 Å². The number of benzene rings is 3. The maximum Gasteiger partial charge on any atom is 0.453 e. The molecule has 0 saturated carbocycles. The fraction of sp³-hybridized carbons (Fsp3) is 0.214. The quantitative estimate of drug-likeness (QED) is 0.178. The normalized spacial score (nSPS) is 11.4. The van der Waals surface area contributed by atoms with Gasteiger partial charge in [-0.3, -0.25) is 4.79 Å². The molecule has 0 spiro atoms. The van der Waals surface area contributed by atoms with Gasteiger partial charge in [-0.1, -0.05) is 55.8 Å². The summed E-state index contributed by atoms with van der Waals surface area (Å²) in [4.78, 5) is 24.7.